The predicted molar refractivity (Wildman–Crippen MR) is 54.3 cm³/mol. The van der Waals surface area contributed by atoms with Gasteiger partial charge in [-0.2, -0.15) is 0 Å². The topological polar surface area (TPSA) is 60.2 Å². The fraction of sp³-hybridized carbons (Fsp3) is 1.00. The molecule has 0 heterocycles. The second-order valence-corrected chi connectivity index (χ2v) is 6.65. The summed E-state index contributed by atoms with van der Waals surface area (Å²) in [7, 11) is -2.90. The molecule has 4 heteroatoms. The maximum atomic E-state index is 11.9. The van der Waals surface area contributed by atoms with Crippen LogP contribution in [-0.4, -0.2) is 25.0 Å². The van der Waals surface area contributed by atoms with Crippen LogP contribution < -0.4 is 5.73 Å². The van der Waals surface area contributed by atoms with Gasteiger partial charge in [-0.3, -0.25) is 0 Å². The molecule has 78 valence electrons. The summed E-state index contributed by atoms with van der Waals surface area (Å²) in [6.45, 7) is 3.70. The first-order chi connectivity index (χ1) is 5.98. The molecule has 0 spiro atoms. The third kappa shape index (κ3) is 2.23. The maximum absolute atomic E-state index is 11.9. The summed E-state index contributed by atoms with van der Waals surface area (Å²) in [6, 6.07) is 0.101. The van der Waals surface area contributed by atoms with E-state index in [1.54, 1.807) is 6.92 Å². The van der Waals surface area contributed by atoms with Crippen molar-refractivity contribution < 1.29 is 8.42 Å². The monoisotopic (exact) mass is 205 g/mol. The standard InChI is InChI=1S/C9H19NO2S/c1-3-7(2)13(11,12)9-5-4-8(10)6-9/h7-9H,3-6,10H2,1-2H3. The number of sulfone groups is 1. The molecular formula is C9H19NO2S. The zero-order chi connectivity index (χ0) is 10.1. The summed E-state index contributed by atoms with van der Waals surface area (Å²) in [4.78, 5) is 0. The van der Waals surface area contributed by atoms with Crippen molar-refractivity contribution in [1.82, 2.24) is 0 Å². The Hall–Kier alpha value is -0.0900. The van der Waals surface area contributed by atoms with E-state index in [0.29, 0.717) is 12.8 Å². The molecule has 0 aromatic carbocycles. The summed E-state index contributed by atoms with van der Waals surface area (Å²) in [5, 5.41) is -0.375. The molecule has 3 nitrogen and oxygen atoms in total. The van der Waals surface area contributed by atoms with Gasteiger partial charge in [0, 0.05) is 6.04 Å². The molecule has 0 aromatic rings. The third-order valence-electron chi connectivity index (χ3n) is 3.03. The van der Waals surface area contributed by atoms with Crippen molar-refractivity contribution in [3.63, 3.8) is 0 Å². The highest BCUT2D eigenvalue weighted by atomic mass is 32.2. The molecule has 3 atom stereocenters. The third-order valence-corrected chi connectivity index (χ3v) is 5.84. The van der Waals surface area contributed by atoms with Gasteiger partial charge < -0.3 is 5.73 Å². The Labute approximate surface area is 80.6 Å². The molecule has 1 saturated carbocycles. The van der Waals surface area contributed by atoms with Crippen LogP contribution in [0, 0.1) is 0 Å². The summed E-state index contributed by atoms with van der Waals surface area (Å²) >= 11 is 0. The van der Waals surface area contributed by atoms with Crippen LogP contribution in [0.3, 0.4) is 0 Å². The van der Waals surface area contributed by atoms with Crippen LogP contribution in [-0.2, 0) is 9.84 Å². The van der Waals surface area contributed by atoms with Gasteiger partial charge in [-0.25, -0.2) is 8.42 Å². The van der Waals surface area contributed by atoms with Crippen molar-refractivity contribution in [2.75, 3.05) is 0 Å². The van der Waals surface area contributed by atoms with Crippen LogP contribution in [0.5, 0.6) is 0 Å². The van der Waals surface area contributed by atoms with Crippen LogP contribution in [0.2, 0.25) is 0 Å². The summed E-state index contributed by atoms with van der Waals surface area (Å²) in [6.07, 6.45) is 2.98. The van der Waals surface area contributed by atoms with Crippen molar-refractivity contribution in [3.8, 4) is 0 Å². The minimum Gasteiger partial charge on any atom is -0.328 e. The van der Waals surface area contributed by atoms with E-state index in [1.165, 1.54) is 0 Å². The quantitative estimate of drug-likeness (QED) is 0.750. The number of hydrogen-bond donors (Lipinski definition) is 1. The first-order valence-corrected chi connectivity index (χ1v) is 6.57. The molecule has 1 rings (SSSR count). The molecular weight excluding hydrogens is 186 g/mol. The average Bonchev–Trinajstić information content (AvgIpc) is 2.50. The first kappa shape index (κ1) is 11.0. The molecule has 2 N–H and O–H groups in total. The fourth-order valence-electron chi connectivity index (χ4n) is 1.83. The van der Waals surface area contributed by atoms with E-state index < -0.39 is 9.84 Å². The number of hydrogen-bond acceptors (Lipinski definition) is 3. The zero-order valence-corrected chi connectivity index (χ0v) is 9.18. The van der Waals surface area contributed by atoms with Crippen LogP contribution >= 0.6 is 0 Å². The van der Waals surface area contributed by atoms with Gasteiger partial charge in [0.1, 0.15) is 0 Å². The highest BCUT2D eigenvalue weighted by Gasteiger charge is 2.35. The minimum absolute atomic E-state index is 0.101. The molecule has 0 saturated heterocycles. The van der Waals surface area contributed by atoms with Gasteiger partial charge in [-0.05, 0) is 32.6 Å². The second-order valence-electron chi connectivity index (χ2n) is 4.00. The highest BCUT2D eigenvalue weighted by Crippen LogP contribution is 2.27. The molecule has 1 aliphatic carbocycles. The number of nitrogens with two attached hydrogens (primary N) is 1. The molecule has 0 aromatic heterocycles. The normalized spacial score (nSPS) is 31.9. The number of rotatable bonds is 3. The maximum Gasteiger partial charge on any atom is 0.155 e. The van der Waals surface area contributed by atoms with Crippen LogP contribution in [0.15, 0.2) is 0 Å². The highest BCUT2D eigenvalue weighted by molar-refractivity contribution is 7.92. The van der Waals surface area contributed by atoms with Crippen LogP contribution in [0.4, 0.5) is 0 Å². The fourth-order valence-corrected chi connectivity index (χ4v) is 3.93. The van der Waals surface area contributed by atoms with Gasteiger partial charge in [0.25, 0.3) is 0 Å². The molecule has 3 unspecified atom stereocenters. The van der Waals surface area contributed by atoms with Gasteiger partial charge in [-0.1, -0.05) is 6.92 Å². The molecule has 0 amide bonds. The van der Waals surface area contributed by atoms with Crippen LogP contribution in [0.1, 0.15) is 39.5 Å². The molecule has 0 bridgehead atoms. The lowest BCUT2D eigenvalue weighted by Gasteiger charge is -2.16. The average molecular weight is 205 g/mol. The van der Waals surface area contributed by atoms with Crippen LogP contribution in [0.25, 0.3) is 0 Å². The van der Waals surface area contributed by atoms with Gasteiger partial charge >= 0.3 is 0 Å². The van der Waals surface area contributed by atoms with E-state index in [-0.39, 0.29) is 16.5 Å². The Balaban J connectivity index is 2.71. The molecule has 0 aliphatic heterocycles. The summed E-state index contributed by atoms with van der Waals surface area (Å²) < 4.78 is 23.7. The lowest BCUT2D eigenvalue weighted by molar-refractivity contribution is 0.562. The zero-order valence-electron chi connectivity index (χ0n) is 8.36. The van der Waals surface area contributed by atoms with E-state index in [4.69, 9.17) is 5.73 Å². The molecule has 1 aliphatic rings. The van der Waals surface area contributed by atoms with E-state index >= 15 is 0 Å². The Morgan fingerprint density at radius 3 is 2.46 bits per heavy atom. The van der Waals surface area contributed by atoms with Gasteiger partial charge in [0.2, 0.25) is 0 Å². The van der Waals surface area contributed by atoms with E-state index in [9.17, 15) is 8.42 Å². The van der Waals surface area contributed by atoms with Gasteiger partial charge in [0.15, 0.2) is 9.84 Å². The largest absolute Gasteiger partial charge is 0.328 e. The lowest BCUT2D eigenvalue weighted by Crippen LogP contribution is -2.29. The molecule has 13 heavy (non-hydrogen) atoms. The van der Waals surface area contributed by atoms with Crippen molar-refractivity contribution >= 4 is 9.84 Å². The van der Waals surface area contributed by atoms with E-state index in [2.05, 4.69) is 0 Å². The van der Waals surface area contributed by atoms with E-state index in [1.807, 2.05) is 6.92 Å². The smallest absolute Gasteiger partial charge is 0.155 e. The van der Waals surface area contributed by atoms with Gasteiger partial charge in [0.05, 0.1) is 10.5 Å². The molecule has 0 radical (unpaired) electrons. The Bertz CT molecular complexity index is 261. The Morgan fingerprint density at radius 2 is 2.08 bits per heavy atom. The Kier molecular flexibility index (Phi) is 3.35. The SMILES string of the molecule is CCC(C)S(=O)(=O)C1CCC(N)C1. The summed E-state index contributed by atoms with van der Waals surface area (Å²) in [5.41, 5.74) is 5.70. The van der Waals surface area contributed by atoms with Crippen molar-refractivity contribution in [2.24, 2.45) is 5.73 Å². The predicted octanol–water partition coefficient (Wildman–Crippen LogP) is 1.08. The van der Waals surface area contributed by atoms with Crippen molar-refractivity contribution in [2.45, 2.75) is 56.1 Å². The van der Waals surface area contributed by atoms with Gasteiger partial charge in [-0.15, -0.1) is 0 Å². The first-order valence-electron chi connectivity index (χ1n) is 4.96. The minimum atomic E-state index is -2.90. The van der Waals surface area contributed by atoms with Crippen molar-refractivity contribution in [1.29, 1.82) is 0 Å². The van der Waals surface area contributed by atoms with Crippen molar-refractivity contribution in [3.05, 3.63) is 0 Å². The lowest BCUT2D eigenvalue weighted by atomic mass is 10.3. The Morgan fingerprint density at radius 1 is 1.46 bits per heavy atom. The van der Waals surface area contributed by atoms with E-state index in [0.717, 1.165) is 12.8 Å². The summed E-state index contributed by atoms with van der Waals surface area (Å²) in [5.74, 6) is 0. The second kappa shape index (κ2) is 3.96. The molecule has 1 fully saturated rings.